The number of nitrogens with one attached hydrogen (secondary N) is 1. The molecule has 10 heteroatoms. The third-order valence-corrected chi connectivity index (χ3v) is 5.40. The van der Waals surface area contributed by atoms with Gasteiger partial charge in [-0.25, -0.2) is 8.78 Å². The van der Waals surface area contributed by atoms with Gasteiger partial charge in [0.1, 0.15) is 0 Å². The Kier molecular flexibility index (Phi) is 10.9. The number of halogens is 3. The predicted molar refractivity (Wildman–Crippen MR) is 127 cm³/mol. The first-order valence-electron chi connectivity index (χ1n) is 10.6. The summed E-state index contributed by atoms with van der Waals surface area (Å²) in [5, 5.41) is 3.27. The van der Waals surface area contributed by atoms with Gasteiger partial charge >= 0.3 is 0 Å². The van der Waals surface area contributed by atoms with E-state index in [9.17, 15) is 13.6 Å². The minimum atomic E-state index is -0.828. The highest BCUT2D eigenvalue weighted by Crippen LogP contribution is 2.12. The average molecular weight is 551 g/mol. The molecule has 0 aromatic heterocycles. The van der Waals surface area contributed by atoms with Crippen molar-refractivity contribution in [2.24, 2.45) is 4.99 Å². The Labute approximate surface area is 199 Å². The lowest BCUT2D eigenvalue weighted by molar-refractivity contribution is -0.136. The van der Waals surface area contributed by atoms with E-state index >= 15 is 0 Å². The van der Waals surface area contributed by atoms with Crippen LogP contribution in [-0.4, -0.2) is 98.7 Å². The number of guanidine groups is 1. The Hall–Kier alpha value is -1.53. The van der Waals surface area contributed by atoms with Crippen LogP contribution in [0.25, 0.3) is 0 Å². The number of carbonyl (C=O) groups excluding carboxylic acids is 1. The van der Waals surface area contributed by atoms with Crippen LogP contribution in [0.2, 0.25) is 0 Å². The van der Waals surface area contributed by atoms with Gasteiger partial charge in [-0.15, -0.1) is 24.0 Å². The van der Waals surface area contributed by atoms with Gasteiger partial charge in [0, 0.05) is 52.4 Å². The molecule has 1 amide bonds. The Morgan fingerprint density at radius 3 is 2.48 bits per heavy atom. The SMILES string of the molecule is CCNC(=NCCc1cccc(F)c1F)N1CCN(CC(=O)N2CCOCC2)CC1.I. The zero-order valence-electron chi connectivity index (χ0n) is 18.0. The molecule has 0 atom stereocenters. The fourth-order valence-electron chi connectivity index (χ4n) is 3.67. The van der Waals surface area contributed by atoms with E-state index in [2.05, 4.69) is 20.1 Å². The number of nitrogens with zero attached hydrogens (tertiary/aromatic N) is 4. The quantitative estimate of drug-likeness (QED) is 0.331. The lowest BCUT2D eigenvalue weighted by atomic mass is 10.1. The molecule has 0 radical (unpaired) electrons. The molecule has 174 valence electrons. The number of ether oxygens (including phenoxy) is 1. The normalized spacial score (nSPS) is 18.0. The van der Waals surface area contributed by atoms with Crippen molar-refractivity contribution in [3.05, 3.63) is 35.4 Å². The first-order valence-corrected chi connectivity index (χ1v) is 10.6. The number of aliphatic imine (C=N–C) groups is 1. The summed E-state index contributed by atoms with van der Waals surface area (Å²) in [5.74, 6) is -0.694. The van der Waals surface area contributed by atoms with Gasteiger partial charge in [0.05, 0.1) is 19.8 Å². The second-order valence-electron chi connectivity index (χ2n) is 7.45. The second-order valence-corrected chi connectivity index (χ2v) is 7.45. The molecule has 0 saturated carbocycles. The van der Waals surface area contributed by atoms with Gasteiger partial charge in [-0.3, -0.25) is 14.7 Å². The molecule has 31 heavy (non-hydrogen) atoms. The van der Waals surface area contributed by atoms with Crippen molar-refractivity contribution in [3.63, 3.8) is 0 Å². The van der Waals surface area contributed by atoms with Crippen LogP contribution in [0, 0.1) is 11.6 Å². The zero-order chi connectivity index (χ0) is 21.3. The topological polar surface area (TPSA) is 60.4 Å². The highest BCUT2D eigenvalue weighted by atomic mass is 127. The molecule has 0 unspecified atom stereocenters. The number of benzene rings is 1. The monoisotopic (exact) mass is 551 g/mol. The molecular formula is C21H32F2IN5O2. The fourth-order valence-corrected chi connectivity index (χ4v) is 3.67. The number of hydrogen-bond acceptors (Lipinski definition) is 4. The summed E-state index contributed by atoms with van der Waals surface area (Å²) in [6.45, 7) is 9.17. The van der Waals surface area contributed by atoms with Crippen LogP contribution in [0.5, 0.6) is 0 Å². The van der Waals surface area contributed by atoms with E-state index in [1.165, 1.54) is 6.07 Å². The largest absolute Gasteiger partial charge is 0.378 e. The zero-order valence-corrected chi connectivity index (χ0v) is 20.3. The molecule has 2 heterocycles. The van der Waals surface area contributed by atoms with Crippen LogP contribution >= 0.6 is 24.0 Å². The first-order chi connectivity index (χ1) is 14.6. The lowest BCUT2D eigenvalue weighted by Crippen LogP contribution is -2.55. The Morgan fingerprint density at radius 2 is 1.81 bits per heavy atom. The van der Waals surface area contributed by atoms with E-state index in [1.807, 2.05) is 11.8 Å². The Balaban J connectivity index is 0.00000341. The molecular weight excluding hydrogens is 519 g/mol. The van der Waals surface area contributed by atoms with E-state index in [0.717, 1.165) is 44.7 Å². The van der Waals surface area contributed by atoms with Gasteiger partial charge in [0.25, 0.3) is 0 Å². The van der Waals surface area contributed by atoms with E-state index in [0.29, 0.717) is 51.4 Å². The molecule has 0 aliphatic carbocycles. The molecule has 3 rings (SSSR count). The Bertz CT molecular complexity index is 738. The third-order valence-electron chi connectivity index (χ3n) is 5.40. The highest BCUT2D eigenvalue weighted by molar-refractivity contribution is 14.0. The summed E-state index contributed by atoms with van der Waals surface area (Å²) < 4.78 is 32.5. The summed E-state index contributed by atoms with van der Waals surface area (Å²) >= 11 is 0. The van der Waals surface area contributed by atoms with Crippen molar-refractivity contribution in [1.29, 1.82) is 0 Å². The number of carbonyl (C=O) groups is 1. The number of piperazine rings is 1. The fraction of sp³-hybridized carbons (Fsp3) is 0.619. The predicted octanol–water partition coefficient (Wildman–Crippen LogP) is 1.57. The molecule has 2 saturated heterocycles. The van der Waals surface area contributed by atoms with Gasteiger partial charge in [-0.1, -0.05) is 12.1 Å². The molecule has 1 aromatic carbocycles. The smallest absolute Gasteiger partial charge is 0.236 e. The van der Waals surface area contributed by atoms with Gasteiger partial charge in [0.2, 0.25) is 5.91 Å². The maximum Gasteiger partial charge on any atom is 0.236 e. The van der Waals surface area contributed by atoms with Crippen molar-refractivity contribution in [2.75, 3.05) is 72.1 Å². The summed E-state index contributed by atoms with van der Waals surface area (Å²) in [5.41, 5.74) is 0.334. The lowest BCUT2D eigenvalue weighted by Gasteiger charge is -2.37. The number of morpholine rings is 1. The minimum absolute atomic E-state index is 0. The summed E-state index contributed by atoms with van der Waals surface area (Å²) in [6, 6.07) is 4.22. The number of amides is 1. The van der Waals surface area contributed by atoms with E-state index in [-0.39, 0.29) is 29.9 Å². The van der Waals surface area contributed by atoms with Gasteiger partial charge in [-0.2, -0.15) is 0 Å². The van der Waals surface area contributed by atoms with Crippen LogP contribution in [0.3, 0.4) is 0 Å². The van der Waals surface area contributed by atoms with Gasteiger partial charge in [0.15, 0.2) is 17.6 Å². The standard InChI is InChI=1S/C21H31F2N5O2.HI/c1-2-24-21(25-7-6-17-4-3-5-18(22)20(17)23)28-10-8-26(9-11-28)16-19(29)27-12-14-30-15-13-27;/h3-5H,2,6-16H2,1H3,(H,24,25);1H. The van der Waals surface area contributed by atoms with Crippen molar-refractivity contribution in [1.82, 2.24) is 20.0 Å². The molecule has 2 aliphatic rings. The van der Waals surface area contributed by atoms with Crippen LogP contribution in [-0.2, 0) is 16.0 Å². The van der Waals surface area contributed by atoms with E-state index < -0.39 is 11.6 Å². The molecule has 7 nitrogen and oxygen atoms in total. The van der Waals surface area contributed by atoms with Crippen molar-refractivity contribution in [2.45, 2.75) is 13.3 Å². The van der Waals surface area contributed by atoms with E-state index in [1.54, 1.807) is 6.07 Å². The third kappa shape index (κ3) is 7.53. The number of rotatable bonds is 6. The van der Waals surface area contributed by atoms with Crippen molar-refractivity contribution >= 4 is 35.8 Å². The van der Waals surface area contributed by atoms with Crippen LogP contribution < -0.4 is 5.32 Å². The summed E-state index contributed by atoms with van der Waals surface area (Å²) in [7, 11) is 0. The molecule has 0 bridgehead atoms. The highest BCUT2D eigenvalue weighted by Gasteiger charge is 2.24. The van der Waals surface area contributed by atoms with Crippen LogP contribution in [0.4, 0.5) is 8.78 Å². The van der Waals surface area contributed by atoms with Crippen molar-refractivity contribution < 1.29 is 18.3 Å². The second kappa shape index (κ2) is 13.1. The van der Waals surface area contributed by atoms with Gasteiger partial charge in [-0.05, 0) is 25.0 Å². The maximum absolute atomic E-state index is 13.8. The molecule has 2 aliphatic heterocycles. The maximum atomic E-state index is 13.8. The summed E-state index contributed by atoms with van der Waals surface area (Å²) in [6.07, 6.45) is 0.340. The van der Waals surface area contributed by atoms with Crippen LogP contribution in [0.1, 0.15) is 12.5 Å². The van der Waals surface area contributed by atoms with Gasteiger partial charge < -0.3 is 19.9 Å². The van der Waals surface area contributed by atoms with E-state index in [4.69, 9.17) is 4.74 Å². The summed E-state index contributed by atoms with van der Waals surface area (Å²) in [4.78, 5) is 23.2. The Morgan fingerprint density at radius 1 is 1.10 bits per heavy atom. The first kappa shape index (κ1) is 25.7. The average Bonchev–Trinajstić information content (AvgIpc) is 2.77. The number of hydrogen-bond donors (Lipinski definition) is 1. The molecule has 0 spiro atoms. The minimum Gasteiger partial charge on any atom is -0.378 e. The van der Waals surface area contributed by atoms with Crippen molar-refractivity contribution in [3.8, 4) is 0 Å². The van der Waals surface area contributed by atoms with Crippen LogP contribution in [0.15, 0.2) is 23.2 Å². The molecule has 1 N–H and O–H groups in total. The molecule has 2 fully saturated rings. The molecule has 1 aromatic rings.